The highest BCUT2D eigenvalue weighted by molar-refractivity contribution is 5.91. The topological polar surface area (TPSA) is 52.6 Å². The van der Waals surface area contributed by atoms with E-state index in [-0.39, 0.29) is 17.8 Å². The summed E-state index contributed by atoms with van der Waals surface area (Å²) in [5.41, 5.74) is 0.445. The predicted molar refractivity (Wildman–Crippen MR) is 71.9 cm³/mol. The molecule has 0 N–H and O–H groups in total. The van der Waals surface area contributed by atoms with Gasteiger partial charge in [-0.1, -0.05) is 31.2 Å². The van der Waals surface area contributed by atoms with Gasteiger partial charge in [-0.15, -0.1) is 0 Å². The molecule has 4 heteroatoms. The predicted octanol–water partition coefficient (Wildman–Crippen LogP) is 2.35. The van der Waals surface area contributed by atoms with E-state index in [0.717, 1.165) is 0 Å². The van der Waals surface area contributed by atoms with Gasteiger partial charge in [0, 0.05) is 5.92 Å². The maximum absolute atomic E-state index is 12.2. The van der Waals surface area contributed by atoms with E-state index in [0.29, 0.717) is 5.56 Å². The molecule has 1 aromatic rings. The second-order valence-electron chi connectivity index (χ2n) is 5.33. The van der Waals surface area contributed by atoms with Gasteiger partial charge in [0.05, 0.1) is 17.6 Å². The van der Waals surface area contributed by atoms with Crippen LogP contribution in [-0.2, 0) is 14.3 Å². The second kappa shape index (κ2) is 4.56. The van der Waals surface area contributed by atoms with Crippen LogP contribution in [-0.4, -0.2) is 23.6 Å². The smallest absolute Gasteiger partial charge is 0.340 e. The largest absolute Gasteiger partial charge is 0.425 e. The summed E-state index contributed by atoms with van der Waals surface area (Å²) >= 11 is 0. The standard InChI is InChI=1S/C16H16O4/c1-10-13-8-9-16(19-13,11(2)14(10)17)20-15(18)12-6-4-3-5-7-12/h3-11,13H,1-2H3/t10-,11+,13-,16+/m1/s1. The molecule has 3 rings (SSSR count). The van der Waals surface area contributed by atoms with E-state index in [1.165, 1.54) is 0 Å². The van der Waals surface area contributed by atoms with Crippen molar-refractivity contribution >= 4 is 11.8 Å². The van der Waals surface area contributed by atoms with Crippen molar-refractivity contribution in [1.82, 2.24) is 0 Å². The molecule has 2 heterocycles. The van der Waals surface area contributed by atoms with Gasteiger partial charge in [-0.25, -0.2) is 4.79 Å². The molecule has 0 saturated carbocycles. The van der Waals surface area contributed by atoms with E-state index < -0.39 is 17.7 Å². The quantitative estimate of drug-likeness (QED) is 0.612. The number of hydrogen-bond acceptors (Lipinski definition) is 4. The third-order valence-electron chi connectivity index (χ3n) is 4.07. The summed E-state index contributed by atoms with van der Waals surface area (Å²) < 4.78 is 11.3. The Labute approximate surface area is 117 Å². The van der Waals surface area contributed by atoms with Gasteiger partial charge >= 0.3 is 5.97 Å². The summed E-state index contributed by atoms with van der Waals surface area (Å²) in [6.07, 6.45) is 3.21. The van der Waals surface area contributed by atoms with Crippen LogP contribution in [0.2, 0.25) is 0 Å². The molecule has 4 atom stereocenters. The number of fused-ring (bicyclic) bond motifs is 2. The van der Waals surface area contributed by atoms with Crippen molar-refractivity contribution < 1.29 is 19.1 Å². The van der Waals surface area contributed by atoms with E-state index in [9.17, 15) is 9.59 Å². The van der Waals surface area contributed by atoms with Crippen LogP contribution in [0.3, 0.4) is 0 Å². The molecule has 0 spiro atoms. The number of ether oxygens (including phenoxy) is 2. The van der Waals surface area contributed by atoms with E-state index in [1.54, 1.807) is 37.3 Å². The zero-order chi connectivity index (χ0) is 14.3. The highest BCUT2D eigenvalue weighted by atomic mass is 16.7. The summed E-state index contributed by atoms with van der Waals surface area (Å²) in [6, 6.07) is 8.70. The third-order valence-corrected chi connectivity index (χ3v) is 4.07. The Balaban J connectivity index is 1.85. The van der Waals surface area contributed by atoms with Crippen LogP contribution >= 0.6 is 0 Å². The van der Waals surface area contributed by atoms with Crippen molar-refractivity contribution in [2.75, 3.05) is 0 Å². The van der Waals surface area contributed by atoms with Gasteiger partial charge in [-0.05, 0) is 25.1 Å². The van der Waals surface area contributed by atoms with Crippen molar-refractivity contribution in [3.05, 3.63) is 48.0 Å². The fraction of sp³-hybridized carbons (Fsp3) is 0.375. The Morgan fingerprint density at radius 3 is 2.65 bits per heavy atom. The number of ketones is 1. The zero-order valence-electron chi connectivity index (χ0n) is 11.4. The van der Waals surface area contributed by atoms with Crippen molar-refractivity contribution in [1.29, 1.82) is 0 Å². The summed E-state index contributed by atoms with van der Waals surface area (Å²) in [4.78, 5) is 24.4. The molecule has 0 radical (unpaired) electrons. The van der Waals surface area contributed by atoms with E-state index in [2.05, 4.69) is 0 Å². The fourth-order valence-corrected chi connectivity index (χ4v) is 2.71. The lowest BCUT2D eigenvalue weighted by Crippen LogP contribution is -2.52. The minimum atomic E-state index is -1.25. The summed E-state index contributed by atoms with van der Waals surface area (Å²) in [5.74, 6) is -2.37. The molecule has 2 bridgehead atoms. The lowest BCUT2D eigenvalue weighted by Gasteiger charge is -2.39. The number of rotatable bonds is 2. The Bertz CT molecular complexity index is 577. The highest BCUT2D eigenvalue weighted by Gasteiger charge is 2.55. The first-order valence-electron chi connectivity index (χ1n) is 6.73. The first-order valence-corrected chi connectivity index (χ1v) is 6.73. The number of Topliss-reactive ketones (excluding diaryl/α,β-unsaturated/α-hetero) is 1. The van der Waals surface area contributed by atoms with Crippen molar-refractivity contribution in [2.45, 2.75) is 25.7 Å². The maximum Gasteiger partial charge on any atom is 0.340 e. The molecule has 0 aromatic heterocycles. The van der Waals surface area contributed by atoms with Gasteiger partial charge in [0.25, 0.3) is 0 Å². The van der Waals surface area contributed by atoms with E-state index in [4.69, 9.17) is 9.47 Å². The first kappa shape index (κ1) is 13.1. The van der Waals surface area contributed by atoms with Gasteiger partial charge in [0.2, 0.25) is 5.79 Å². The monoisotopic (exact) mass is 272 g/mol. The Morgan fingerprint density at radius 1 is 1.25 bits per heavy atom. The molecule has 1 saturated heterocycles. The molecule has 1 aromatic carbocycles. The van der Waals surface area contributed by atoms with E-state index in [1.807, 2.05) is 19.1 Å². The van der Waals surface area contributed by atoms with Gasteiger partial charge in [0.1, 0.15) is 5.78 Å². The SMILES string of the molecule is C[C@H]1C(=O)[C@H](C)[C@@]2(OC(=O)c3ccccc3)C=C[C@H]1O2. The van der Waals surface area contributed by atoms with Crippen LogP contribution in [0.25, 0.3) is 0 Å². The summed E-state index contributed by atoms with van der Waals surface area (Å²) in [5, 5.41) is 0. The van der Waals surface area contributed by atoms with Crippen LogP contribution in [0.5, 0.6) is 0 Å². The summed E-state index contributed by atoms with van der Waals surface area (Å²) in [7, 11) is 0. The Hall–Kier alpha value is -1.94. The first-order chi connectivity index (χ1) is 9.53. The lowest BCUT2D eigenvalue weighted by atomic mass is 9.86. The van der Waals surface area contributed by atoms with Crippen molar-refractivity contribution in [3.63, 3.8) is 0 Å². The maximum atomic E-state index is 12.2. The molecular formula is C16H16O4. The van der Waals surface area contributed by atoms with E-state index >= 15 is 0 Å². The average molecular weight is 272 g/mol. The molecule has 4 nitrogen and oxygen atoms in total. The molecule has 0 unspecified atom stereocenters. The molecule has 0 aliphatic carbocycles. The minimum Gasteiger partial charge on any atom is -0.425 e. The number of benzene rings is 1. The minimum absolute atomic E-state index is 0.0621. The number of esters is 1. The van der Waals surface area contributed by atoms with Crippen LogP contribution in [0.4, 0.5) is 0 Å². The molecule has 2 aliphatic rings. The lowest BCUT2D eigenvalue weighted by molar-refractivity contribution is -0.228. The van der Waals surface area contributed by atoms with Crippen LogP contribution in [0.1, 0.15) is 24.2 Å². The molecular weight excluding hydrogens is 256 g/mol. The molecule has 20 heavy (non-hydrogen) atoms. The zero-order valence-corrected chi connectivity index (χ0v) is 11.4. The van der Waals surface area contributed by atoms with Crippen LogP contribution < -0.4 is 0 Å². The highest BCUT2D eigenvalue weighted by Crippen LogP contribution is 2.42. The van der Waals surface area contributed by atoms with Crippen molar-refractivity contribution in [2.24, 2.45) is 11.8 Å². The van der Waals surface area contributed by atoms with Crippen LogP contribution in [0, 0.1) is 11.8 Å². The molecule has 0 amide bonds. The van der Waals surface area contributed by atoms with Crippen molar-refractivity contribution in [3.8, 4) is 0 Å². The Kier molecular flexibility index (Phi) is 2.98. The van der Waals surface area contributed by atoms with Crippen LogP contribution in [0.15, 0.2) is 42.5 Å². The number of carbonyl (C=O) groups is 2. The molecule has 104 valence electrons. The number of hydrogen-bond donors (Lipinski definition) is 0. The van der Waals surface area contributed by atoms with Gasteiger partial charge in [0.15, 0.2) is 0 Å². The molecule has 1 fully saturated rings. The van der Waals surface area contributed by atoms with Gasteiger partial charge in [-0.2, -0.15) is 0 Å². The fourth-order valence-electron chi connectivity index (χ4n) is 2.71. The average Bonchev–Trinajstić information content (AvgIpc) is 2.87. The normalized spacial score (nSPS) is 35.1. The molecule has 2 aliphatic heterocycles. The third kappa shape index (κ3) is 1.88. The Morgan fingerprint density at radius 2 is 1.95 bits per heavy atom. The second-order valence-corrected chi connectivity index (χ2v) is 5.33. The number of carbonyl (C=O) groups excluding carboxylic acids is 2. The van der Waals surface area contributed by atoms with Gasteiger partial charge in [-0.3, -0.25) is 4.79 Å². The van der Waals surface area contributed by atoms with Gasteiger partial charge < -0.3 is 9.47 Å². The summed E-state index contributed by atoms with van der Waals surface area (Å²) in [6.45, 7) is 3.57.